The molecule has 3 aromatic rings. The molecule has 31 heavy (non-hydrogen) atoms. The summed E-state index contributed by atoms with van der Waals surface area (Å²) >= 11 is 0. The summed E-state index contributed by atoms with van der Waals surface area (Å²) in [5.74, 6) is -0.0418. The van der Waals surface area contributed by atoms with Gasteiger partial charge in [0.1, 0.15) is 11.4 Å². The number of pyridine rings is 2. The standard InChI is InChI=1S/C24H26N4O3/c1-28(24(30)21-12-8-13-22(27-21)31-2)19(17-18-9-4-3-5-10-18)14-16-26-23(29)20-11-6-7-15-25-20/h3-13,15,19H,14,16-17H2,1-2H3,(H,26,29)/t19-/m1/s1. The highest BCUT2D eigenvalue weighted by atomic mass is 16.5. The molecule has 2 amide bonds. The van der Waals surface area contributed by atoms with E-state index in [0.717, 1.165) is 5.56 Å². The lowest BCUT2D eigenvalue weighted by molar-refractivity contribution is 0.0716. The van der Waals surface area contributed by atoms with Crippen molar-refractivity contribution in [3.05, 3.63) is 89.9 Å². The zero-order valence-electron chi connectivity index (χ0n) is 17.7. The van der Waals surface area contributed by atoms with Crippen molar-refractivity contribution in [2.24, 2.45) is 0 Å². The molecule has 0 aliphatic carbocycles. The van der Waals surface area contributed by atoms with Gasteiger partial charge in [-0.05, 0) is 36.6 Å². The highest BCUT2D eigenvalue weighted by Gasteiger charge is 2.23. The van der Waals surface area contributed by atoms with Crippen molar-refractivity contribution >= 4 is 11.8 Å². The number of carbonyl (C=O) groups excluding carboxylic acids is 2. The van der Waals surface area contributed by atoms with Gasteiger partial charge in [0.05, 0.1) is 7.11 Å². The van der Waals surface area contributed by atoms with Gasteiger partial charge < -0.3 is 15.0 Å². The third kappa shape index (κ3) is 6.12. The molecule has 0 radical (unpaired) electrons. The van der Waals surface area contributed by atoms with Crippen molar-refractivity contribution in [2.45, 2.75) is 18.9 Å². The Kier molecular flexibility index (Phi) is 7.70. The van der Waals surface area contributed by atoms with Crippen LogP contribution in [0, 0.1) is 0 Å². The molecule has 0 aliphatic heterocycles. The van der Waals surface area contributed by atoms with Crippen molar-refractivity contribution in [3.8, 4) is 5.88 Å². The van der Waals surface area contributed by atoms with Crippen LogP contribution in [0.3, 0.4) is 0 Å². The molecule has 0 unspecified atom stereocenters. The molecule has 0 fully saturated rings. The van der Waals surface area contributed by atoms with E-state index >= 15 is 0 Å². The molecule has 1 atom stereocenters. The van der Waals surface area contributed by atoms with Gasteiger partial charge in [0.2, 0.25) is 5.88 Å². The zero-order valence-corrected chi connectivity index (χ0v) is 17.7. The van der Waals surface area contributed by atoms with E-state index in [0.29, 0.717) is 36.7 Å². The highest BCUT2D eigenvalue weighted by Crippen LogP contribution is 2.15. The average Bonchev–Trinajstić information content (AvgIpc) is 2.83. The van der Waals surface area contributed by atoms with Crippen LogP contribution < -0.4 is 10.1 Å². The largest absolute Gasteiger partial charge is 0.481 e. The summed E-state index contributed by atoms with van der Waals surface area (Å²) in [7, 11) is 3.28. The number of carbonyl (C=O) groups is 2. The fraction of sp³-hybridized carbons (Fsp3) is 0.250. The molecule has 0 saturated heterocycles. The minimum atomic E-state index is -0.234. The number of methoxy groups -OCH3 is 1. The normalized spacial score (nSPS) is 11.4. The van der Waals surface area contributed by atoms with Crippen LogP contribution in [0.4, 0.5) is 0 Å². The monoisotopic (exact) mass is 418 g/mol. The van der Waals surface area contributed by atoms with Gasteiger partial charge >= 0.3 is 0 Å². The number of amides is 2. The summed E-state index contributed by atoms with van der Waals surface area (Å²) in [5, 5.41) is 2.89. The second kappa shape index (κ2) is 10.9. The Hall–Kier alpha value is -3.74. The number of aromatic nitrogens is 2. The molecule has 7 nitrogen and oxygen atoms in total. The van der Waals surface area contributed by atoms with E-state index < -0.39 is 0 Å². The number of rotatable bonds is 9. The molecular weight excluding hydrogens is 392 g/mol. The Bertz CT molecular complexity index is 996. The lowest BCUT2D eigenvalue weighted by Crippen LogP contribution is -2.41. The molecule has 160 valence electrons. The van der Waals surface area contributed by atoms with E-state index in [-0.39, 0.29) is 17.9 Å². The number of ether oxygens (including phenoxy) is 1. The van der Waals surface area contributed by atoms with Crippen molar-refractivity contribution in [1.82, 2.24) is 20.2 Å². The predicted molar refractivity (Wildman–Crippen MR) is 118 cm³/mol. The first-order valence-corrected chi connectivity index (χ1v) is 10.1. The van der Waals surface area contributed by atoms with E-state index in [2.05, 4.69) is 15.3 Å². The summed E-state index contributed by atoms with van der Waals surface area (Å²) in [4.78, 5) is 35.4. The molecule has 3 rings (SSSR count). The van der Waals surface area contributed by atoms with Crippen LogP contribution in [0.5, 0.6) is 5.88 Å². The van der Waals surface area contributed by atoms with E-state index in [1.807, 2.05) is 30.3 Å². The Morgan fingerprint density at radius 1 is 1.00 bits per heavy atom. The van der Waals surface area contributed by atoms with Crippen molar-refractivity contribution in [2.75, 3.05) is 20.7 Å². The number of benzene rings is 1. The van der Waals surface area contributed by atoms with Gasteiger partial charge in [-0.2, -0.15) is 0 Å². The van der Waals surface area contributed by atoms with E-state index in [4.69, 9.17) is 4.74 Å². The first kappa shape index (κ1) is 22.0. The number of nitrogens with one attached hydrogen (secondary N) is 1. The van der Waals surface area contributed by atoms with Crippen LogP contribution >= 0.6 is 0 Å². The molecule has 1 aromatic carbocycles. The first-order chi connectivity index (χ1) is 15.1. The van der Waals surface area contributed by atoms with Gasteiger partial charge in [0.25, 0.3) is 11.8 Å². The van der Waals surface area contributed by atoms with Crippen LogP contribution in [0.25, 0.3) is 0 Å². The smallest absolute Gasteiger partial charge is 0.272 e. The molecule has 2 aromatic heterocycles. The Labute approximate surface area is 182 Å². The molecule has 0 bridgehead atoms. The van der Waals surface area contributed by atoms with Gasteiger partial charge in [0.15, 0.2) is 0 Å². The Balaban J connectivity index is 1.70. The van der Waals surface area contributed by atoms with Gasteiger partial charge in [-0.15, -0.1) is 0 Å². The maximum absolute atomic E-state index is 13.1. The third-order valence-corrected chi connectivity index (χ3v) is 4.99. The second-order valence-corrected chi connectivity index (χ2v) is 7.08. The highest BCUT2D eigenvalue weighted by molar-refractivity contribution is 5.93. The van der Waals surface area contributed by atoms with Crippen molar-refractivity contribution in [1.29, 1.82) is 0 Å². The fourth-order valence-corrected chi connectivity index (χ4v) is 3.25. The lowest BCUT2D eigenvalue weighted by Gasteiger charge is -2.28. The van der Waals surface area contributed by atoms with Gasteiger partial charge in [-0.25, -0.2) is 4.98 Å². The minimum absolute atomic E-state index is 0.132. The van der Waals surface area contributed by atoms with Gasteiger partial charge in [-0.3, -0.25) is 14.6 Å². The topological polar surface area (TPSA) is 84.4 Å². The Morgan fingerprint density at radius 2 is 1.74 bits per heavy atom. The number of hydrogen-bond donors (Lipinski definition) is 1. The molecule has 0 saturated carbocycles. The van der Waals surface area contributed by atoms with Crippen molar-refractivity contribution < 1.29 is 14.3 Å². The number of nitrogens with zero attached hydrogens (tertiary/aromatic N) is 3. The minimum Gasteiger partial charge on any atom is -0.481 e. The maximum atomic E-state index is 13.1. The van der Waals surface area contributed by atoms with Crippen LogP contribution in [-0.4, -0.2) is 53.4 Å². The van der Waals surface area contributed by atoms with Gasteiger partial charge in [-0.1, -0.05) is 42.5 Å². The summed E-state index contributed by atoms with van der Waals surface area (Å²) < 4.78 is 5.14. The molecule has 0 spiro atoms. The summed E-state index contributed by atoms with van der Waals surface area (Å²) in [6, 6.07) is 20.1. The molecule has 7 heteroatoms. The predicted octanol–water partition coefficient (Wildman–Crippen LogP) is 2.99. The fourth-order valence-electron chi connectivity index (χ4n) is 3.25. The zero-order chi connectivity index (χ0) is 22.1. The third-order valence-electron chi connectivity index (χ3n) is 4.99. The molecular formula is C24H26N4O3. The van der Waals surface area contributed by atoms with Crippen LogP contribution in [0.1, 0.15) is 33.0 Å². The molecule has 2 heterocycles. The average molecular weight is 418 g/mol. The van der Waals surface area contributed by atoms with Gasteiger partial charge in [0, 0.05) is 31.9 Å². The summed E-state index contributed by atoms with van der Waals surface area (Å²) in [5.41, 5.74) is 1.80. The molecule has 1 N–H and O–H groups in total. The maximum Gasteiger partial charge on any atom is 0.272 e. The SMILES string of the molecule is COc1cccc(C(=O)N(C)[C@H](CCNC(=O)c2ccccn2)Cc2ccccc2)n1. The van der Waals surface area contributed by atoms with E-state index in [9.17, 15) is 9.59 Å². The summed E-state index contributed by atoms with van der Waals surface area (Å²) in [6.45, 7) is 0.413. The van der Waals surface area contributed by atoms with Crippen LogP contribution in [-0.2, 0) is 6.42 Å². The van der Waals surface area contributed by atoms with E-state index in [1.54, 1.807) is 54.5 Å². The van der Waals surface area contributed by atoms with E-state index in [1.165, 1.54) is 7.11 Å². The number of hydrogen-bond acceptors (Lipinski definition) is 5. The number of likely N-dealkylation sites (N-methyl/N-ethyl adjacent to an activating group) is 1. The first-order valence-electron chi connectivity index (χ1n) is 10.1. The lowest BCUT2D eigenvalue weighted by atomic mass is 10.0. The second-order valence-electron chi connectivity index (χ2n) is 7.08. The Morgan fingerprint density at radius 3 is 2.45 bits per heavy atom. The van der Waals surface area contributed by atoms with Crippen LogP contribution in [0.2, 0.25) is 0 Å². The van der Waals surface area contributed by atoms with Crippen LogP contribution in [0.15, 0.2) is 72.9 Å². The quantitative estimate of drug-likeness (QED) is 0.578. The van der Waals surface area contributed by atoms with Crippen molar-refractivity contribution in [3.63, 3.8) is 0 Å². The summed E-state index contributed by atoms with van der Waals surface area (Å²) in [6.07, 6.45) is 2.83. The molecule has 0 aliphatic rings.